The minimum atomic E-state index is 0. The Morgan fingerprint density at radius 1 is 1.16 bits per heavy atom. The molecule has 0 bridgehead atoms. The van der Waals surface area contributed by atoms with E-state index in [2.05, 4.69) is 32.2 Å². The number of allylic oxidation sites excluding steroid dienone is 4. The summed E-state index contributed by atoms with van der Waals surface area (Å²) in [5, 5.41) is 0. The first-order valence-electron chi connectivity index (χ1n) is 6.39. The second kappa shape index (κ2) is 21.4. The summed E-state index contributed by atoms with van der Waals surface area (Å²) in [7, 11) is 0.750. The van der Waals surface area contributed by atoms with Gasteiger partial charge in [-0.05, 0) is 0 Å². The van der Waals surface area contributed by atoms with E-state index in [1.165, 1.54) is 24.8 Å². The Labute approximate surface area is 153 Å². The predicted octanol–water partition coefficient (Wildman–Crippen LogP) is -1.41. The summed E-state index contributed by atoms with van der Waals surface area (Å²) in [6.45, 7) is 6.50. The molecule has 2 aliphatic carbocycles. The molecular weight excluding hydrogens is 460 g/mol. The monoisotopic (exact) mass is 486 g/mol. The van der Waals surface area contributed by atoms with Crippen LogP contribution in [0.4, 0.5) is 0 Å². The normalized spacial score (nSPS) is 16.1. The van der Waals surface area contributed by atoms with E-state index in [1.807, 2.05) is 6.08 Å². The molecule has 0 heterocycles. The summed E-state index contributed by atoms with van der Waals surface area (Å²) in [5.41, 5.74) is 8.61. The molecule has 0 aromatic heterocycles. The molecule has 5 heteroatoms. The molecule has 0 amide bonds. The maximum Gasteiger partial charge on any atom is 4.00 e. The van der Waals surface area contributed by atoms with E-state index >= 15 is 0 Å². The van der Waals surface area contributed by atoms with Crippen LogP contribution in [0.1, 0.15) is 45.4 Å². The molecule has 109 valence electrons. The van der Waals surface area contributed by atoms with E-state index in [9.17, 15) is 0 Å². The van der Waals surface area contributed by atoms with Crippen LogP contribution in [0.2, 0.25) is 13.1 Å². The summed E-state index contributed by atoms with van der Waals surface area (Å²) in [5.74, 6) is 0. The first-order valence-corrected chi connectivity index (χ1v) is 8.70. The van der Waals surface area contributed by atoms with Crippen LogP contribution < -0.4 is 24.8 Å². The van der Waals surface area contributed by atoms with E-state index in [-0.39, 0.29) is 56.7 Å². The molecular formula is C14H26Cl2HfNSi. The minimum Gasteiger partial charge on any atom is -1.00 e. The van der Waals surface area contributed by atoms with Gasteiger partial charge < -0.3 is 30.5 Å². The summed E-state index contributed by atoms with van der Waals surface area (Å²) in [6.07, 6.45) is 14.5. The van der Waals surface area contributed by atoms with Crippen LogP contribution in [0.15, 0.2) is 17.7 Å². The quantitative estimate of drug-likeness (QED) is 0.298. The smallest absolute Gasteiger partial charge is 1.00 e. The van der Waals surface area contributed by atoms with Gasteiger partial charge in [-0.3, -0.25) is 6.08 Å². The van der Waals surface area contributed by atoms with Crippen LogP contribution >= 0.6 is 0 Å². The van der Waals surface area contributed by atoms with Crippen LogP contribution in [-0.2, 0) is 25.8 Å². The zero-order valence-electron chi connectivity index (χ0n) is 12.3. The van der Waals surface area contributed by atoms with Gasteiger partial charge in [0.15, 0.2) is 0 Å². The summed E-state index contributed by atoms with van der Waals surface area (Å²) < 4.78 is 0. The number of hydrogen-bond donors (Lipinski definition) is 0. The van der Waals surface area contributed by atoms with E-state index in [4.69, 9.17) is 5.73 Å². The fraction of sp³-hybridized carbons (Fsp3) is 0.714. The number of hydrogen-bond acceptors (Lipinski definition) is 0. The third kappa shape index (κ3) is 21.6. The van der Waals surface area contributed by atoms with Crippen LogP contribution in [0.25, 0.3) is 5.73 Å². The van der Waals surface area contributed by atoms with Gasteiger partial charge in [-0.25, -0.2) is 11.6 Å². The zero-order valence-corrected chi connectivity index (χ0v) is 18.6. The van der Waals surface area contributed by atoms with Gasteiger partial charge >= 0.3 is 25.8 Å². The van der Waals surface area contributed by atoms with Crippen molar-refractivity contribution in [2.75, 3.05) is 0 Å². The summed E-state index contributed by atoms with van der Waals surface area (Å²) in [4.78, 5) is 0. The molecule has 0 aromatic carbocycles. The molecule has 0 saturated heterocycles. The van der Waals surface area contributed by atoms with Crippen molar-refractivity contribution >= 4 is 9.52 Å². The maximum atomic E-state index is 7.27. The number of rotatable bonds is 0. The van der Waals surface area contributed by atoms with Gasteiger partial charge in [0, 0.05) is 9.52 Å². The van der Waals surface area contributed by atoms with Gasteiger partial charge in [-0.2, -0.15) is 6.08 Å². The van der Waals surface area contributed by atoms with Crippen LogP contribution in [-0.4, -0.2) is 15.6 Å². The molecule has 1 radical (unpaired) electrons. The zero-order chi connectivity index (χ0) is 12.2. The third-order valence-corrected chi connectivity index (χ3v) is 2.48. The topological polar surface area (TPSA) is 23.8 Å². The van der Waals surface area contributed by atoms with Crippen molar-refractivity contribution in [3.05, 3.63) is 29.5 Å². The van der Waals surface area contributed by atoms with Crippen molar-refractivity contribution in [3.63, 3.8) is 0 Å². The Morgan fingerprint density at radius 3 is 1.79 bits per heavy atom. The Balaban J connectivity index is -0.0000000877. The molecule has 0 aliphatic heterocycles. The van der Waals surface area contributed by atoms with Crippen molar-refractivity contribution < 1.29 is 50.7 Å². The summed E-state index contributed by atoms with van der Waals surface area (Å²) >= 11 is 0. The van der Waals surface area contributed by atoms with Gasteiger partial charge in [0.25, 0.3) is 0 Å². The van der Waals surface area contributed by atoms with Crippen molar-refractivity contribution in [3.8, 4) is 0 Å². The first kappa shape index (κ1) is 28.3. The van der Waals surface area contributed by atoms with Crippen molar-refractivity contribution in [2.45, 2.75) is 64.6 Å². The van der Waals surface area contributed by atoms with Crippen molar-refractivity contribution in [2.24, 2.45) is 0 Å². The van der Waals surface area contributed by atoms with Gasteiger partial charge in [0.1, 0.15) is 0 Å². The second-order valence-electron chi connectivity index (χ2n) is 4.41. The predicted molar refractivity (Wildman–Crippen MR) is 76.3 cm³/mol. The Morgan fingerprint density at radius 2 is 1.63 bits per heavy atom. The number of nitrogens with one attached hydrogen (secondary N) is 1. The van der Waals surface area contributed by atoms with Crippen LogP contribution in [0.3, 0.4) is 0 Å². The van der Waals surface area contributed by atoms with Gasteiger partial charge in [0.2, 0.25) is 0 Å². The van der Waals surface area contributed by atoms with Crippen molar-refractivity contribution in [1.29, 1.82) is 0 Å². The Kier molecular flexibility index (Phi) is 31.9. The van der Waals surface area contributed by atoms with E-state index in [0.29, 0.717) is 0 Å². The third-order valence-electron chi connectivity index (χ3n) is 2.48. The largest absolute Gasteiger partial charge is 4.00 e. The minimum absolute atomic E-state index is 0. The van der Waals surface area contributed by atoms with E-state index in [0.717, 1.165) is 28.8 Å². The Hall–Kier alpha value is 1.11. The molecule has 1 nitrogen and oxygen atoms in total. The molecule has 0 unspecified atom stereocenters. The average Bonchev–Trinajstić information content (AvgIpc) is 2.72. The van der Waals surface area contributed by atoms with E-state index in [1.54, 1.807) is 0 Å². The molecule has 1 fully saturated rings. The van der Waals surface area contributed by atoms with Gasteiger partial charge in [0.05, 0.1) is 0 Å². The fourth-order valence-electron chi connectivity index (χ4n) is 1.60. The summed E-state index contributed by atoms with van der Waals surface area (Å²) in [6, 6.07) is 0.286. The van der Waals surface area contributed by atoms with Crippen LogP contribution in [0.5, 0.6) is 0 Å². The fourth-order valence-corrected chi connectivity index (χ4v) is 1.60. The average molecular weight is 486 g/mol. The molecule has 2 aliphatic rings. The molecule has 0 atom stereocenters. The van der Waals surface area contributed by atoms with E-state index < -0.39 is 0 Å². The molecule has 2 rings (SSSR count). The van der Waals surface area contributed by atoms with Crippen molar-refractivity contribution in [1.82, 2.24) is 0 Å². The van der Waals surface area contributed by atoms with Crippen LogP contribution in [0, 0.1) is 6.08 Å². The molecule has 1 N–H and O–H groups in total. The second-order valence-corrected chi connectivity index (χ2v) is 5.57. The first-order chi connectivity index (χ1) is 7.70. The SMILES string of the molecule is CC1=CC[C-]=C1.C[SiH]C.[Cl-].[Cl-].[Hf+4].[NH-]C1CCCCC1. The van der Waals surface area contributed by atoms with Gasteiger partial charge in [-0.1, -0.05) is 45.2 Å². The molecule has 0 aromatic rings. The number of halogens is 2. The Bertz CT molecular complexity index is 215. The molecule has 1 saturated carbocycles. The maximum absolute atomic E-state index is 7.27. The molecule has 0 spiro atoms. The van der Waals surface area contributed by atoms with Gasteiger partial charge in [-0.15, -0.1) is 19.4 Å². The molecule has 19 heavy (non-hydrogen) atoms. The standard InChI is InChI=1S/C6H12N.C6H7.C2H7Si.2ClH.Hf/c7-6-4-2-1-3-5-6;1-6-4-2-3-5-6;1-3-2;;;/h6-7H,1-5H2;4-5H,2H2,1H3;3H,1-2H3;2*1H;/q2*-1;;;;+4/p-2.